The fourth-order valence-electron chi connectivity index (χ4n) is 2.63. The highest BCUT2D eigenvalue weighted by molar-refractivity contribution is 5.89. The van der Waals surface area contributed by atoms with Crippen LogP contribution in [0.2, 0.25) is 0 Å². The number of nitrogens with two attached hydrogens (primary N) is 1. The van der Waals surface area contributed by atoms with Crippen molar-refractivity contribution in [3.8, 4) is 0 Å². The van der Waals surface area contributed by atoms with Crippen molar-refractivity contribution in [3.05, 3.63) is 29.3 Å². The SMILES string of the molecule is CC(C)(C)OC(=O)N1CCCc2cc(CC(N)C(=O)O)ccc21. The summed E-state index contributed by atoms with van der Waals surface area (Å²) in [6.45, 7) is 6.14. The lowest BCUT2D eigenvalue weighted by molar-refractivity contribution is -0.138. The van der Waals surface area contributed by atoms with E-state index in [-0.39, 0.29) is 12.5 Å². The van der Waals surface area contributed by atoms with E-state index >= 15 is 0 Å². The maximum atomic E-state index is 12.3. The molecule has 1 heterocycles. The number of carbonyl (C=O) groups excluding carboxylic acids is 1. The number of aryl methyl sites for hydroxylation is 1. The molecule has 23 heavy (non-hydrogen) atoms. The molecule has 1 amide bonds. The maximum absolute atomic E-state index is 12.3. The van der Waals surface area contributed by atoms with Gasteiger partial charge < -0.3 is 15.6 Å². The molecule has 1 aliphatic rings. The van der Waals surface area contributed by atoms with Gasteiger partial charge in [0, 0.05) is 6.54 Å². The molecule has 0 spiro atoms. The molecule has 1 unspecified atom stereocenters. The molecule has 0 saturated heterocycles. The summed E-state index contributed by atoms with van der Waals surface area (Å²) in [7, 11) is 0. The third kappa shape index (κ3) is 4.45. The number of fused-ring (bicyclic) bond motifs is 1. The van der Waals surface area contributed by atoms with Gasteiger partial charge in [-0.25, -0.2) is 4.79 Å². The summed E-state index contributed by atoms with van der Waals surface area (Å²) >= 11 is 0. The van der Waals surface area contributed by atoms with Gasteiger partial charge in [0.15, 0.2) is 0 Å². The quantitative estimate of drug-likeness (QED) is 0.891. The Morgan fingerprint density at radius 3 is 2.70 bits per heavy atom. The van der Waals surface area contributed by atoms with Gasteiger partial charge >= 0.3 is 12.1 Å². The number of nitrogens with zero attached hydrogens (tertiary/aromatic N) is 1. The second-order valence-electron chi connectivity index (χ2n) is 6.85. The number of carbonyl (C=O) groups is 2. The summed E-state index contributed by atoms with van der Waals surface area (Å²) in [5, 5.41) is 8.91. The summed E-state index contributed by atoms with van der Waals surface area (Å²) in [6, 6.07) is 4.69. The van der Waals surface area contributed by atoms with Gasteiger partial charge in [-0.15, -0.1) is 0 Å². The summed E-state index contributed by atoms with van der Waals surface area (Å²) in [6.07, 6.45) is 1.62. The van der Waals surface area contributed by atoms with Gasteiger partial charge in [-0.1, -0.05) is 12.1 Å². The van der Waals surface area contributed by atoms with Gasteiger partial charge in [-0.2, -0.15) is 0 Å². The standard InChI is InChI=1S/C17H24N2O4/c1-17(2,3)23-16(22)19-8-4-5-12-9-11(6-7-14(12)19)10-13(18)15(20)21/h6-7,9,13H,4-5,8,10,18H2,1-3H3,(H,20,21). The second kappa shape index (κ2) is 6.58. The zero-order chi connectivity index (χ0) is 17.2. The minimum Gasteiger partial charge on any atom is -0.480 e. The molecule has 0 radical (unpaired) electrons. The van der Waals surface area contributed by atoms with Crippen LogP contribution in [0.1, 0.15) is 38.3 Å². The minimum atomic E-state index is -1.02. The number of aliphatic carboxylic acids is 1. The van der Waals surface area contributed by atoms with Crippen molar-refractivity contribution in [2.24, 2.45) is 5.73 Å². The Labute approximate surface area is 136 Å². The maximum Gasteiger partial charge on any atom is 0.414 e. The first-order chi connectivity index (χ1) is 10.7. The van der Waals surface area contributed by atoms with Crippen molar-refractivity contribution < 1.29 is 19.4 Å². The van der Waals surface area contributed by atoms with Crippen molar-refractivity contribution in [1.29, 1.82) is 0 Å². The molecule has 1 aliphatic heterocycles. The minimum absolute atomic E-state index is 0.273. The first kappa shape index (κ1) is 17.3. The molecule has 2 rings (SSSR count). The first-order valence-corrected chi connectivity index (χ1v) is 7.78. The highest BCUT2D eigenvalue weighted by Gasteiger charge is 2.27. The molecule has 0 fully saturated rings. The molecular weight excluding hydrogens is 296 g/mol. The predicted octanol–water partition coefficient (Wildman–Crippen LogP) is 2.33. The van der Waals surface area contributed by atoms with E-state index in [1.165, 1.54) is 0 Å². The molecule has 1 aromatic carbocycles. The van der Waals surface area contributed by atoms with E-state index in [9.17, 15) is 9.59 Å². The van der Waals surface area contributed by atoms with Gasteiger partial charge in [-0.3, -0.25) is 9.69 Å². The van der Waals surface area contributed by atoms with Gasteiger partial charge in [0.05, 0.1) is 5.69 Å². The third-order valence-electron chi connectivity index (χ3n) is 3.65. The number of anilines is 1. The molecular formula is C17H24N2O4. The molecule has 126 valence electrons. The highest BCUT2D eigenvalue weighted by Crippen LogP contribution is 2.29. The number of benzene rings is 1. The van der Waals surface area contributed by atoms with Gasteiger partial charge in [0.1, 0.15) is 11.6 Å². The summed E-state index contributed by atoms with van der Waals surface area (Å²) in [4.78, 5) is 24.9. The van der Waals surface area contributed by atoms with Crippen LogP contribution in [0.5, 0.6) is 0 Å². The Bertz CT molecular complexity index is 607. The van der Waals surface area contributed by atoms with Crippen molar-refractivity contribution >= 4 is 17.7 Å². The van der Waals surface area contributed by atoms with Crippen LogP contribution >= 0.6 is 0 Å². The van der Waals surface area contributed by atoms with E-state index in [1.54, 1.807) is 4.90 Å². The number of carboxylic acids is 1. The molecule has 0 bridgehead atoms. The van der Waals surface area contributed by atoms with E-state index in [2.05, 4.69) is 0 Å². The Morgan fingerprint density at radius 1 is 1.39 bits per heavy atom. The second-order valence-corrected chi connectivity index (χ2v) is 6.85. The summed E-state index contributed by atoms with van der Waals surface area (Å²) in [5.74, 6) is -1.02. The van der Waals surface area contributed by atoms with Crippen molar-refractivity contribution in [2.45, 2.75) is 51.7 Å². The molecule has 1 atom stereocenters. The summed E-state index contributed by atoms with van der Waals surface area (Å²) < 4.78 is 5.45. The van der Waals surface area contributed by atoms with Crippen LogP contribution < -0.4 is 10.6 Å². The smallest absolute Gasteiger partial charge is 0.414 e. The Morgan fingerprint density at radius 2 is 2.09 bits per heavy atom. The molecule has 6 heteroatoms. The Balaban J connectivity index is 2.20. The van der Waals surface area contributed by atoms with Gasteiger partial charge in [0.2, 0.25) is 0 Å². The van der Waals surface area contributed by atoms with Crippen LogP contribution in [0.3, 0.4) is 0 Å². The van der Waals surface area contributed by atoms with Crippen LogP contribution in [-0.2, 0) is 22.4 Å². The third-order valence-corrected chi connectivity index (χ3v) is 3.65. The molecule has 0 saturated carbocycles. The van der Waals surface area contributed by atoms with E-state index in [1.807, 2.05) is 39.0 Å². The number of hydrogen-bond donors (Lipinski definition) is 2. The van der Waals surface area contributed by atoms with Gasteiger partial charge in [0.25, 0.3) is 0 Å². The number of hydrogen-bond acceptors (Lipinski definition) is 4. The largest absolute Gasteiger partial charge is 0.480 e. The highest BCUT2D eigenvalue weighted by atomic mass is 16.6. The lowest BCUT2D eigenvalue weighted by Crippen LogP contribution is -2.39. The molecule has 3 N–H and O–H groups in total. The van der Waals surface area contributed by atoms with Crippen LogP contribution in [0, 0.1) is 0 Å². The number of carboxylic acid groups (broad SMARTS) is 1. The molecule has 0 aliphatic carbocycles. The average Bonchev–Trinajstić information content (AvgIpc) is 2.44. The molecule has 1 aromatic rings. The van der Waals surface area contributed by atoms with E-state index in [0.29, 0.717) is 6.54 Å². The number of rotatable bonds is 3. The Hall–Kier alpha value is -2.08. The summed E-state index contributed by atoms with van der Waals surface area (Å²) in [5.41, 5.74) is 7.77. The van der Waals surface area contributed by atoms with Crippen molar-refractivity contribution in [2.75, 3.05) is 11.4 Å². The van der Waals surface area contributed by atoms with Crippen LogP contribution in [-0.4, -0.2) is 35.4 Å². The lowest BCUT2D eigenvalue weighted by atomic mass is 9.97. The Kier molecular flexibility index (Phi) is 4.94. The fourth-order valence-corrected chi connectivity index (χ4v) is 2.63. The topological polar surface area (TPSA) is 92.9 Å². The van der Waals surface area contributed by atoms with Crippen molar-refractivity contribution in [1.82, 2.24) is 0 Å². The molecule has 6 nitrogen and oxygen atoms in total. The number of amides is 1. The zero-order valence-corrected chi connectivity index (χ0v) is 13.8. The van der Waals surface area contributed by atoms with Crippen LogP contribution in [0.4, 0.5) is 10.5 Å². The molecule has 0 aromatic heterocycles. The lowest BCUT2D eigenvalue weighted by Gasteiger charge is -2.32. The normalized spacial score (nSPS) is 15.7. The van der Waals surface area contributed by atoms with Gasteiger partial charge in [-0.05, 0) is 57.2 Å². The first-order valence-electron chi connectivity index (χ1n) is 7.78. The monoisotopic (exact) mass is 320 g/mol. The van der Waals surface area contributed by atoms with Crippen LogP contribution in [0.15, 0.2) is 18.2 Å². The number of ether oxygens (including phenoxy) is 1. The fraction of sp³-hybridized carbons (Fsp3) is 0.529. The predicted molar refractivity (Wildman–Crippen MR) is 87.7 cm³/mol. The zero-order valence-electron chi connectivity index (χ0n) is 13.8. The average molecular weight is 320 g/mol. The van der Waals surface area contributed by atoms with Crippen LogP contribution in [0.25, 0.3) is 0 Å². The van der Waals surface area contributed by atoms with E-state index in [0.717, 1.165) is 29.7 Å². The van der Waals surface area contributed by atoms with E-state index < -0.39 is 17.6 Å². The van der Waals surface area contributed by atoms with E-state index in [4.69, 9.17) is 15.6 Å². The van der Waals surface area contributed by atoms with Crippen molar-refractivity contribution in [3.63, 3.8) is 0 Å².